The predicted octanol–water partition coefficient (Wildman–Crippen LogP) is 3.83. The van der Waals surface area contributed by atoms with Crippen LogP contribution >= 0.6 is 0 Å². The highest BCUT2D eigenvalue weighted by Gasteiger charge is 2.10. The third-order valence-corrected chi connectivity index (χ3v) is 4.03. The number of carbonyl (C=O) groups excluding carboxylic acids is 1. The van der Waals surface area contributed by atoms with Crippen molar-refractivity contribution in [1.82, 2.24) is 15.1 Å². The normalized spacial score (nSPS) is 11.9. The minimum absolute atomic E-state index is 0.219. The molecule has 0 bridgehead atoms. The summed E-state index contributed by atoms with van der Waals surface area (Å²) in [6, 6.07) is 21.8. The fourth-order valence-corrected chi connectivity index (χ4v) is 2.57. The van der Waals surface area contributed by atoms with Gasteiger partial charge in [-0.2, -0.15) is 10.4 Å². The molecule has 5 nitrogen and oxygen atoms in total. The lowest BCUT2D eigenvalue weighted by atomic mass is 10.1. The van der Waals surface area contributed by atoms with Crippen LogP contribution in [0.5, 0.6) is 0 Å². The monoisotopic (exact) mass is 356 g/mol. The molecule has 0 aliphatic rings. The average molecular weight is 356 g/mol. The zero-order valence-electron chi connectivity index (χ0n) is 15.0. The van der Waals surface area contributed by atoms with Gasteiger partial charge in [0.2, 0.25) is 5.91 Å². The number of amides is 1. The van der Waals surface area contributed by atoms with E-state index in [1.165, 1.54) is 6.08 Å². The Bertz CT molecular complexity index is 969. The molecule has 0 aliphatic carbocycles. The molecule has 0 fully saturated rings. The maximum Gasteiger partial charge on any atom is 0.244 e. The van der Waals surface area contributed by atoms with E-state index >= 15 is 0 Å². The minimum atomic E-state index is -0.233. The molecule has 0 spiro atoms. The second-order valence-corrected chi connectivity index (χ2v) is 6.19. The number of benzene rings is 2. The van der Waals surface area contributed by atoms with Gasteiger partial charge in [-0.3, -0.25) is 4.79 Å². The number of rotatable bonds is 6. The second kappa shape index (κ2) is 8.63. The summed E-state index contributed by atoms with van der Waals surface area (Å²) in [7, 11) is 0. The molecule has 5 heteroatoms. The van der Waals surface area contributed by atoms with Gasteiger partial charge in [0.1, 0.15) is 0 Å². The van der Waals surface area contributed by atoms with Crippen molar-refractivity contribution in [2.75, 3.05) is 6.54 Å². The first-order valence-electron chi connectivity index (χ1n) is 8.73. The number of aromatic nitrogens is 2. The lowest BCUT2D eigenvalue weighted by Crippen LogP contribution is -2.25. The Balaban J connectivity index is 1.89. The largest absolute Gasteiger partial charge is 0.351 e. The number of nitriles is 1. The predicted molar refractivity (Wildman–Crippen MR) is 106 cm³/mol. The molecule has 1 N–H and O–H groups in total. The van der Waals surface area contributed by atoms with Crippen molar-refractivity contribution in [2.45, 2.75) is 6.92 Å². The van der Waals surface area contributed by atoms with E-state index in [0.717, 1.165) is 22.5 Å². The summed E-state index contributed by atoms with van der Waals surface area (Å²) < 4.78 is 1.80. The SMILES string of the molecule is CC(C#N)CNC(=O)C=Cc1cn(-c2ccccc2)nc1-c1ccccc1. The highest BCUT2D eigenvalue weighted by Crippen LogP contribution is 2.24. The molecule has 2 aromatic carbocycles. The summed E-state index contributed by atoms with van der Waals surface area (Å²) in [5.74, 6) is -0.452. The van der Waals surface area contributed by atoms with Crippen LogP contribution < -0.4 is 5.32 Å². The van der Waals surface area contributed by atoms with E-state index < -0.39 is 0 Å². The Morgan fingerprint density at radius 2 is 1.85 bits per heavy atom. The highest BCUT2D eigenvalue weighted by molar-refractivity contribution is 5.92. The fourth-order valence-electron chi connectivity index (χ4n) is 2.57. The third-order valence-electron chi connectivity index (χ3n) is 4.03. The summed E-state index contributed by atoms with van der Waals surface area (Å²) in [6.07, 6.45) is 5.13. The van der Waals surface area contributed by atoms with Gasteiger partial charge in [-0.05, 0) is 25.1 Å². The zero-order valence-corrected chi connectivity index (χ0v) is 15.0. The number of nitrogens with zero attached hydrogens (tertiary/aromatic N) is 3. The van der Waals surface area contributed by atoms with Crippen LogP contribution in [-0.4, -0.2) is 22.2 Å². The van der Waals surface area contributed by atoms with Crippen LogP contribution in [0.2, 0.25) is 0 Å². The quantitative estimate of drug-likeness (QED) is 0.682. The van der Waals surface area contributed by atoms with Crippen molar-refractivity contribution in [1.29, 1.82) is 5.26 Å². The van der Waals surface area contributed by atoms with E-state index in [2.05, 4.69) is 11.4 Å². The molecule has 1 amide bonds. The highest BCUT2D eigenvalue weighted by atomic mass is 16.1. The average Bonchev–Trinajstić information content (AvgIpc) is 3.16. The van der Waals surface area contributed by atoms with E-state index in [1.807, 2.05) is 66.9 Å². The van der Waals surface area contributed by atoms with Crippen molar-refractivity contribution in [2.24, 2.45) is 5.92 Å². The summed E-state index contributed by atoms with van der Waals surface area (Å²) in [5.41, 5.74) is 3.56. The molecule has 0 saturated carbocycles. The molecule has 0 saturated heterocycles. The molecule has 1 aromatic heterocycles. The fraction of sp³-hybridized carbons (Fsp3) is 0.136. The molecule has 0 radical (unpaired) electrons. The zero-order chi connectivity index (χ0) is 19.1. The Labute approximate surface area is 158 Å². The van der Waals surface area contributed by atoms with Crippen molar-refractivity contribution >= 4 is 12.0 Å². The van der Waals surface area contributed by atoms with Crippen LogP contribution in [0.4, 0.5) is 0 Å². The van der Waals surface area contributed by atoms with Crippen molar-refractivity contribution in [3.63, 3.8) is 0 Å². The smallest absolute Gasteiger partial charge is 0.244 e. The number of hydrogen-bond acceptors (Lipinski definition) is 3. The number of para-hydroxylation sites is 1. The molecule has 134 valence electrons. The van der Waals surface area contributed by atoms with Gasteiger partial charge in [-0.15, -0.1) is 0 Å². The van der Waals surface area contributed by atoms with E-state index in [9.17, 15) is 4.79 Å². The summed E-state index contributed by atoms with van der Waals surface area (Å²) in [4.78, 5) is 12.0. The van der Waals surface area contributed by atoms with Gasteiger partial charge in [-0.1, -0.05) is 48.5 Å². The van der Waals surface area contributed by atoms with Crippen LogP contribution in [0.1, 0.15) is 12.5 Å². The Hall–Kier alpha value is -3.65. The van der Waals surface area contributed by atoms with Crippen LogP contribution in [0, 0.1) is 17.2 Å². The summed E-state index contributed by atoms with van der Waals surface area (Å²) in [6.45, 7) is 2.09. The molecule has 3 rings (SSSR count). The first-order chi connectivity index (χ1) is 13.2. The van der Waals surface area contributed by atoms with E-state index in [1.54, 1.807) is 17.7 Å². The molecule has 0 aliphatic heterocycles. The number of carbonyl (C=O) groups is 1. The molecule has 1 heterocycles. The van der Waals surface area contributed by atoms with Gasteiger partial charge in [0.25, 0.3) is 0 Å². The molecule has 3 aromatic rings. The minimum Gasteiger partial charge on any atom is -0.351 e. The topological polar surface area (TPSA) is 70.7 Å². The van der Waals surface area contributed by atoms with Gasteiger partial charge < -0.3 is 5.32 Å². The van der Waals surface area contributed by atoms with Gasteiger partial charge in [-0.25, -0.2) is 4.68 Å². The van der Waals surface area contributed by atoms with Gasteiger partial charge in [0.15, 0.2) is 0 Å². The Morgan fingerprint density at radius 3 is 2.52 bits per heavy atom. The molecule has 27 heavy (non-hydrogen) atoms. The maximum absolute atomic E-state index is 12.0. The van der Waals surface area contributed by atoms with E-state index in [-0.39, 0.29) is 11.8 Å². The standard InChI is InChI=1S/C22H20N4O/c1-17(14-23)15-24-21(27)13-12-19-16-26(20-10-6-3-7-11-20)25-22(19)18-8-4-2-5-9-18/h2-13,16-17H,15H2,1H3,(H,24,27). The molecule has 1 unspecified atom stereocenters. The Kier molecular flexibility index (Phi) is 5.80. The molecular formula is C22H20N4O. The molecule has 1 atom stereocenters. The van der Waals surface area contributed by atoms with Crippen molar-refractivity contribution in [3.8, 4) is 23.0 Å². The van der Waals surface area contributed by atoms with Crippen LogP contribution in [0.25, 0.3) is 23.0 Å². The summed E-state index contributed by atoms with van der Waals surface area (Å²) in [5, 5.41) is 16.2. The van der Waals surface area contributed by atoms with Crippen LogP contribution in [-0.2, 0) is 4.79 Å². The van der Waals surface area contributed by atoms with E-state index in [0.29, 0.717) is 6.54 Å². The third kappa shape index (κ3) is 4.71. The number of hydrogen-bond donors (Lipinski definition) is 1. The molecular weight excluding hydrogens is 336 g/mol. The Morgan fingerprint density at radius 1 is 1.19 bits per heavy atom. The van der Waals surface area contributed by atoms with Gasteiger partial charge in [0.05, 0.1) is 23.4 Å². The van der Waals surface area contributed by atoms with Gasteiger partial charge >= 0.3 is 0 Å². The van der Waals surface area contributed by atoms with Crippen molar-refractivity contribution < 1.29 is 4.79 Å². The lowest BCUT2D eigenvalue weighted by molar-refractivity contribution is -0.116. The maximum atomic E-state index is 12.0. The summed E-state index contributed by atoms with van der Waals surface area (Å²) >= 11 is 0. The van der Waals surface area contributed by atoms with Crippen LogP contribution in [0.15, 0.2) is 72.9 Å². The van der Waals surface area contributed by atoms with Crippen LogP contribution in [0.3, 0.4) is 0 Å². The van der Waals surface area contributed by atoms with Gasteiger partial charge in [0, 0.05) is 29.9 Å². The lowest BCUT2D eigenvalue weighted by Gasteiger charge is -2.02. The first-order valence-corrected chi connectivity index (χ1v) is 8.73. The second-order valence-electron chi connectivity index (χ2n) is 6.19. The first kappa shape index (κ1) is 18.2. The number of nitrogens with one attached hydrogen (secondary N) is 1. The van der Waals surface area contributed by atoms with Crippen molar-refractivity contribution in [3.05, 3.63) is 78.5 Å². The van der Waals surface area contributed by atoms with E-state index in [4.69, 9.17) is 10.4 Å².